The van der Waals surface area contributed by atoms with Crippen LogP contribution in [0.15, 0.2) is 40.9 Å². The Morgan fingerprint density at radius 2 is 1.64 bits per heavy atom. The van der Waals surface area contributed by atoms with Crippen molar-refractivity contribution in [2.45, 2.75) is 26.7 Å². The Bertz CT molecular complexity index is 776. The molecule has 0 saturated carbocycles. The molecule has 152 valence electrons. The number of anilines is 1. The van der Waals surface area contributed by atoms with Crippen molar-refractivity contribution >= 4 is 27.5 Å². The van der Waals surface area contributed by atoms with E-state index in [9.17, 15) is 4.79 Å². The first-order valence-corrected chi connectivity index (χ1v) is 10.3. The summed E-state index contributed by atoms with van der Waals surface area (Å²) in [4.78, 5) is 14.7. The van der Waals surface area contributed by atoms with Crippen molar-refractivity contribution < 1.29 is 14.3 Å². The second kappa shape index (κ2) is 11.1. The molecule has 5 nitrogen and oxygen atoms in total. The number of carbonyl (C=O) groups excluding carboxylic acids is 1. The number of carbonyl (C=O) groups is 1. The zero-order chi connectivity index (χ0) is 20.5. The van der Waals surface area contributed by atoms with Gasteiger partial charge in [0.05, 0.1) is 19.6 Å². The molecule has 1 amide bonds. The Labute approximate surface area is 176 Å². The Balaban J connectivity index is 2.03. The highest BCUT2D eigenvalue weighted by atomic mass is 79.9. The zero-order valence-corrected chi connectivity index (χ0v) is 18.6. The molecular weight excluding hydrogens is 420 g/mol. The molecule has 6 heteroatoms. The standard InChI is InChI=1S/C22H29BrN2O3/c1-5-27-20-13-17(19(23)15-21(20)28-6-2)14-22(26)24-18-9-7-16(8-10-18)11-12-25(3)4/h7-10,13,15H,5-6,11-12,14H2,1-4H3,(H,24,26). The van der Waals surface area contributed by atoms with Crippen molar-refractivity contribution in [3.05, 3.63) is 52.0 Å². The van der Waals surface area contributed by atoms with Gasteiger partial charge in [0.15, 0.2) is 11.5 Å². The van der Waals surface area contributed by atoms with Crippen LogP contribution in [0.3, 0.4) is 0 Å². The minimum Gasteiger partial charge on any atom is -0.490 e. The van der Waals surface area contributed by atoms with Gasteiger partial charge in [0.2, 0.25) is 5.91 Å². The van der Waals surface area contributed by atoms with Crippen molar-refractivity contribution in [3.8, 4) is 11.5 Å². The van der Waals surface area contributed by atoms with Gasteiger partial charge < -0.3 is 19.7 Å². The van der Waals surface area contributed by atoms with Crippen molar-refractivity contribution in [3.63, 3.8) is 0 Å². The molecule has 0 fully saturated rings. The maximum absolute atomic E-state index is 12.5. The maximum Gasteiger partial charge on any atom is 0.228 e. The third kappa shape index (κ3) is 6.84. The van der Waals surface area contributed by atoms with Crippen LogP contribution in [0.5, 0.6) is 11.5 Å². The van der Waals surface area contributed by atoms with Gasteiger partial charge in [0.25, 0.3) is 0 Å². The molecule has 1 N–H and O–H groups in total. The summed E-state index contributed by atoms with van der Waals surface area (Å²) in [6.07, 6.45) is 1.23. The molecule has 0 radical (unpaired) electrons. The first-order valence-electron chi connectivity index (χ1n) is 9.54. The average Bonchev–Trinajstić information content (AvgIpc) is 2.65. The number of benzene rings is 2. The van der Waals surface area contributed by atoms with Crippen LogP contribution in [0, 0.1) is 0 Å². The topological polar surface area (TPSA) is 50.8 Å². The van der Waals surface area contributed by atoms with E-state index in [1.807, 2.05) is 38.1 Å². The van der Waals surface area contributed by atoms with Gasteiger partial charge in [-0.2, -0.15) is 0 Å². The first-order chi connectivity index (χ1) is 13.4. The van der Waals surface area contributed by atoms with Crippen LogP contribution in [0.4, 0.5) is 5.69 Å². The van der Waals surface area contributed by atoms with Crippen molar-refractivity contribution in [1.82, 2.24) is 4.90 Å². The lowest BCUT2D eigenvalue weighted by Gasteiger charge is -2.14. The Morgan fingerprint density at radius 1 is 1.04 bits per heavy atom. The minimum absolute atomic E-state index is 0.0756. The quantitative estimate of drug-likeness (QED) is 0.579. The van der Waals surface area contributed by atoms with E-state index < -0.39 is 0 Å². The predicted octanol–water partition coefficient (Wildman–Crippen LogP) is 4.53. The van der Waals surface area contributed by atoms with Gasteiger partial charge in [-0.3, -0.25) is 4.79 Å². The van der Waals surface area contributed by atoms with Crippen LogP contribution in [-0.2, 0) is 17.6 Å². The van der Waals surface area contributed by atoms with E-state index in [0.29, 0.717) is 24.7 Å². The average molecular weight is 449 g/mol. The fourth-order valence-corrected chi connectivity index (χ4v) is 3.20. The molecule has 0 bridgehead atoms. The van der Waals surface area contributed by atoms with E-state index in [-0.39, 0.29) is 12.3 Å². The third-order valence-electron chi connectivity index (χ3n) is 4.15. The molecule has 0 aromatic heterocycles. The maximum atomic E-state index is 12.5. The first kappa shape index (κ1) is 22.2. The highest BCUT2D eigenvalue weighted by Crippen LogP contribution is 2.34. The lowest BCUT2D eigenvalue weighted by molar-refractivity contribution is -0.115. The van der Waals surface area contributed by atoms with E-state index >= 15 is 0 Å². The van der Waals surface area contributed by atoms with E-state index in [1.165, 1.54) is 5.56 Å². The summed E-state index contributed by atoms with van der Waals surface area (Å²) in [6, 6.07) is 11.7. The minimum atomic E-state index is -0.0756. The zero-order valence-electron chi connectivity index (χ0n) is 17.0. The van der Waals surface area contributed by atoms with Gasteiger partial charge in [-0.15, -0.1) is 0 Å². The van der Waals surface area contributed by atoms with Crippen molar-refractivity contribution in [1.29, 1.82) is 0 Å². The molecule has 0 aliphatic rings. The SMILES string of the molecule is CCOc1cc(Br)c(CC(=O)Nc2ccc(CCN(C)C)cc2)cc1OCC. The highest BCUT2D eigenvalue weighted by Gasteiger charge is 2.14. The van der Waals surface area contributed by atoms with Gasteiger partial charge in [0, 0.05) is 16.7 Å². The number of nitrogens with one attached hydrogen (secondary N) is 1. The molecule has 0 unspecified atom stereocenters. The van der Waals surface area contributed by atoms with Crippen molar-refractivity contribution in [2.24, 2.45) is 0 Å². The Morgan fingerprint density at radius 3 is 2.21 bits per heavy atom. The molecule has 28 heavy (non-hydrogen) atoms. The van der Waals surface area contributed by atoms with E-state index in [4.69, 9.17) is 9.47 Å². The summed E-state index contributed by atoms with van der Waals surface area (Å²) < 4.78 is 12.1. The third-order valence-corrected chi connectivity index (χ3v) is 4.89. The molecule has 0 aliphatic heterocycles. The highest BCUT2D eigenvalue weighted by molar-refractivity contribution is 9.10. The summed E-state index contributed by atoms with van der Waals surface area (Å²) in [7, 11) is 4.12. The van der Waals surface area contributed by atoms with Crippen LogP contribution in [-0.4, -0.2) is 44.7 Å². The van der Waals surface area contributed by atoms with E-state index in [1.54, 1.807) is 0 Å². The van der Waals surface area contributed by atoms with Crippen LogP contribution >= 0.6 is 15.9 Å². The van der Waals surface area contributed by atoms with Crippen molar-refractivity contribution in [2.75, 3.05) is 39.2 Å². The van der Waals surface area contributed by atoms with Gasteiger partial charge >= 0.3 is 0 Å². The van der Waals surface area contributed by atoms with Gasteiger partial charge in [-0.1, -0.05) is 28.1 Å². The lowest BCUT2D eigenvalue weighted by Crippen LogP contribution is -2.16. The number of likely N-dealkylation sites (N-methyl/N-ethyl adjacent to an activating group) is 1. The number of ether oxygens (including phenoxy) is 2. The smallest absolute Gasteiger partial charge is 0.228 e. The monoisotopic (exact) mass is 448 g/mol. The summed E-state index contributed by atoms with van der Waals surface area (Å²) in [5, 5.41) is 2.96. The summed E-state index contributed by atoms with van der Waals surface area (Å²) in [5.74, 6) is 1.25. The van der Waals surface area contributed by atoms with E-state index in [2.05, 4.69) is 52.4 Å². The number of hydrogen-bond donors (Lipinski definition) is 1. The number of halogens is 1. The summed E-state index contributed by atoms with van der Waals surface area (Å²) in [6.45, 7) is 5.94. The van der Waals surface area contributed by atoms with Gasteiger partial charge in [-0.05, 0) is 69.8 Å². The van der Waals surface area contributed by atoms with Crippen LogP contribution in [0.1, 0.15) is 25.0 Å². The van der Waals surface area contributed by atoms with Crippen LogP contribution in [0.2, 0.25) is 0 Å². The number of rotatable bonds is 10. The normalized spacial score (nSPS) is 10.8. The van der Waals surface area contributed by atoms with Crippen LogP contribution < -0.4 is 14.8 Å². The fourth-order valence-electron chi connectivity index (χ4n) is 2.73. The Kier molecular flexibility index (Phi) is 8.80. The Hall–Kier alpha value is -2.05. The number of hydrogen-bond acceptors (Lipinski definition) is 4. The molecule has 2 rings (SSSR count). The largest absolute Gasteiger partial charge is 0.490 e. The molecule has 2 aromatic carbocycles. The van der Waals surface area contributed by atoms with Gasteiger partial charge in [0.1, 0.15) is 0 Å². The lowest BCUT2D eigenvalue weighted by atomic mass is 10.1. The second-order valence-electron chi connectivity index (χ2n) is 6.73. The molecule has 0 saturated heterocycles. The molecular formula is C22H29BrN2O3. The summed E-state index contributed by atoms with van der Waals surface area (Å²) >= 11 is 3.54. The van der Waals surface area contributed by atoms with E-state index in [0.717, 1.165) is 28.7 Å². The van der Waals surface area contributed by atoms with Gasteiger partial charge in [-0.25, -0.2) is 0 Å². The second-order valence-corrected chi connectivity index (χ2v) is 7.59. The number of nitrogens with zero attached hydrogens (tertiary/aromatic N) is 1. The number of amides is 1. The fraction of sp³-hybridized carbons (Fsp3) is 0.409. The molecule has 0 heterocycles. The van der Waals surface area contributed by atoms with Crippen LogP contribution in [0.25, 0.3) is 0 Å². The predicted molar refractivity (Wildman–Crippen MR) is 118 cm³/mol. The molecule has 0 aliphatic carbocycles. The molecule has 0 atom stereocenters. The molecule has 2 aromatic rings. The summed E-state index contributed by atoms with van der Waals surface area (Å²) in [5.41, 5.74) is 2.90. The molecule has 0 spiro atoms.